The highest BCUT2D eigenvalue weighted by atomic mass is 19.1. The van der Waals surface area contributed by atoms with Crippen LogP contribution in [0.2, 0.25) is 0 Å². The maximum Gasteiger partial charge on any atom is 0.273 e. The Bertz CT molecular complexity index is 984. The molecular formula is C20H18FN3O3. The van der Waals surface area contributed by atoms with Crippen LogP contribution in [0, 0.1) is 5.82 Å². The van der Waals surface area contributed by atoms with Crippen molar-refractivity contribution in [3.8, 4) is 17.0 Å². The van der Waals surface area contributed by atoms with Crippen molar-refractivity contribution in [3.05, 3.63) is 71.2 Å². The number of carbonyl (C=O) groups is 1. The topological polar surface area (TPSA) is 89.5 Å². The number of nitrogens with one attached hydrogen (secondary N) is 1. The number of nitrogens with zero attached hydrogens (tertiary/aromatic N) is 2. The van der Waals surface area contributed by atoms with Crippen LogP contribution in [-0.2, 0) is 0 Å². The number of hydrogen-bond donors (Lipinski definition) is 3. The van der Waals surface area contributed by atoms with Crippen LogP contribution in [0.3, 0.4) is 0 Å². The lowest BCUT2D eigenvalue weighted by molar-refractivity contribution is 0.0732. The van der Waals surface area contributed by atoms with E-state index < -0.39 is 6.04 Å². The predicted molar refractivity (Wildman–Crippen MR) is 96.7 cm³/mol. The van der Waals surface area contributed by atoms with Gasteiger partial charge in [-0.15, -0.1) is 0 Å². The molecule has 0 fully saturated rings. The summed E-state index contributed by atoms with van der Waals surface area (Å²) in [6, 6.07) is 12.3. The predicted octanol–water partition coefficient (Wildman–Crippen LogP) is 2.85. The Balaban J connectivity index is 1.88. The number of aliphatic hydroxyl groups is 1. The Morgan fingerprint density at radius 2 is 1.89 bits per heavy atom. The number of phenolic OH excluding ortho intramolecular Hbond substituents is 1. The quantitative estimate of drug-likeness (QED) is 0.647. The summed E-state index contributed by atoms with van der Waals surface area (Å²) in [5.74, 6) is -0.536. The largest absolute Gasteiger partial charge is 0.507 e. The lowest BCUT2D eigenvalue weighted by Gasteiger charge is -2.26. The molecule has 2 heterocycles. The van der Waals surface area contributed by atoms with E-state index in [1.807, 2.05) is 0 Å². The average molecular weight is 367 g/mol. The molecule has 138 valence electrons. The summed E-state index contributed by atoms with van der Waals surface area (Å²) in [6.07, 6.45) is 0.424. The van der Waals surface area contributed by atoms with Crippen LogP contribution in [0.4, 0.5) is 4.39 Å². The van der Waals surface area contributed by atoms with Gasteiger partial charge in [0.25, 0.3) is 5.91 Å². The number of amides is 1. The van der Waals surface area contributed by atoms with Crippen LogP contribution in [0.15, 0.2) is 48.5 Å². The van der Waals surface area contributed by atoms with E-state index in [0.29, 0.717) is 35.5 Å². The van der Waals surface area contributed by atoms with Crippen molar-refractivity contribution < 1.29 is 19.4 Å². The van der Waals surface area contributed by atoms with Crippen LogP contribution >= 0.6 is 0 Å². The first kappa shape index (κ1) is 17.2. The van der Waals surface area contributed by atoms with Gasteiger partial charge in [-0.2, -0.15) is 5.10 Å². The number of hydrogen-bond acceptors (Lipinski definition) is 4. The standard InChI is InChI=1S/C20H18FN3O3/c21-13-8-6-12(7-9-13)19-16-17(14-4-1-2-5-15(14)26)22-23-18(16)20(27)24(19)10-3-11-25/h1-2,4-9,19,25-26H,3,10-11H2,(H,22,23). The highest BCUT2D eigenvalue weighted by Gasteiger charge is 2.42. The first-order valence-electron chi connectivity index (χ1n) is 8.65. The summed E-state index contributed by atoms with van der Waals surface area (Å²) in [5, 5.41) is 26.5. The maximum atomic E-state index is 13.4. The van der Waals surface area contributed by atoms with Crippen LogP contribution in [0.25, 0.3) is 11.3 Å². The Morgan fingerprint density at radius 1 is 1.15 bits per heavy atom. The summed E-state index contributed by atoms with van der Waals surface area (Å²) in [7, 11) is 0. The van der Waals surface area contributed by atoms with Gasteiger partial charge in [0.15, 0.2) is 0 Å². The highest BCUT2D eigenvalue weighted by molar-refractivity contribution is 6.00. The Morgan fingerprint density at radius 3 is 2.59 bits per heavy atom. The normalized spacial score (nSPS) is 16.0. The molecule has 4 rings (SSSR count). The van der Waals surface area contributed by atoms with Gasteiger partial charge in [0.2, 0.25) is 0 Å². The number of fused-ring (bicyclic) bond motifs is 1. The van der Waals surface area contributed by atoms with Gasteiger partial charge in [-0.25, -0.2) is 4.39 Å². The number of aromatic hydroxyl groups is 1. The number of phenols is 1. The summed E-state index contributed by atoms with van der Waals surface area (Å²) in [4.78, 5) is 14.6. The van der Waals surface area contributed by atoms with Crippen molar-refractivity contribution in [1.29, 1.82) is 0 Å². The third-order valence-corrected chi connectivity index (χ3v) is 4.77. The van der Waals surface area contributed by atoms with Crippen molar-refractivity contribution in [2.45, 2.75) is 12.5 Å². The molecule has 2 aromatic carbocycles. The van der Waals surface area contributed by atoms with Crippen LogP contribution in [0.5, 0.6) is 5.75 Å². The minimum atomic E-state index is -0.479. The molecule has 7 heteroatoms. The fourth-order valence-corrected chi connectivity index (χ4v) is 3.54. The molecule has 0 aliphatic carbocycles. The van der Waals surface area contributed by atoms with Crippen molar-refractivity contribution >= 4 is 5.91 Å². The molecule has 1 atom stereocenters. The molecule has 27 heavy (non-hydrogen) atoms. The van der Waals surface area contributed by atoms with Crippen molar-refractivity contribution in [2.24, 2.45) is 0 Å². The van der Waals surface area contributed by atoms with E-state index in [1.54, 1.807) is 41.3 Å². The van der Waals surface area contributed by atoms with Gasteiger partial charge in [-0.1, -0.05) is 24.3 Å². The van der Waals surface area contributed by atoms with Crippen LogP contribution < -0.4 is 0 Å². The fraction of sp³-hybridized carbons (Fsp3) is 0.200. The number of rotatable bonds is 5. The lowest BCUT2D eigenvalue weighted by Crippen LogP contribution is -2.31. The van der Waals surface area contributed by atoms with E-state index in [0.717, 1.165) is 5.56 Å². The maximum absolute atomic E-state index is 13.4. The average Bonchev–Trinajstić information content (AvgIpc) is 3.21. The van der Waals surface area contributed by atoms with Gasteiger partial charge in [-0.05, 0) is 36.2 Å². The Hall–Kier alpha value is -3.19. The molecule has 3 N–H and O–H groups in total. The molecule has 1 aliphatic heterocycles. The van der Waals surface area contributed by atoms with Gasteiger partial charge in [0, 0.05) is 24.3 Å². The van der Waals surface area contributed by atoms with E-state index in [1.165, 1.54) is 12.1 Å². The molecule has 6 nitrogen and oxygen atoms in total. The molecule has 0 saturated heterocycles. The smallest absolute Gasteiger partial charge is 0.273 e. The minimum Gasteiger partial charge on any atom is -0.507 e. The second-order valence-corrected chi connectivity index (χ2v) is 6.41. The third-order valence-electron chi connectivity index (χ3n) is 4.77. The molecule has 1 aliphatic rings. The van der Waals surface area contributed by atoms with E-state index in [2.05, 4.69) is 10.2 Å². The number of para-hydroxylation sites is 1. The van der Waals surface area contributed by atoms with Crippen molar-refractivity contribution in [1.82, 2.24) is 15.1 Å². The van der Waals surface area contributed by atoms with Gasteiger partial charge in [0.1, 0.15) is 23.0 Å². The molecule has 1 amide bonds. The first-order valence-corrected chi connectivity index (χ1v) is 8.65. The number of halogens is 1. The van der Waals surface area contributed by atoms with Gasteiger partial charge >= 0.3 is 0 Å². The number of aliphatic hydroxyl groups excluding tert-OH is 1. The van der Waals surface area contributed by atoms with E-state index in [-0.39, 0.29) is 24.1 Å². The molecule has 3 aromatic rings. The number of aromatic nitrogens is 2. The van der Waals surface area contributed by atoms with Gasteiger partial charge in [-0.3, -0.25) is 9.89 Å². The lowest BCUT2D eigenvalue weighted by atomic mass is 9.95. The summed E-state index contributed by atoms with van der Waals surface area (Å²) >= 11 is 0. The zero-order chi connectivity index (χ0) is 19.0. The summed E-state index contributed by atoms with van der Waals surface area (Å²) in [5.41, 5.74) is 2.72. The van der Waals surface area contributed by atoms with E-state index in [9.17, 15) is 19.4 Å². The zero-order valence-corrected chi connectivity index (χ0v) is 14.4. The SMILES string of the molecule is O=C1c2[nH]nc(-c3ccccc3O)c2C(c2ccc(F)cc2)N1CCCO. The molecular weight excluding hydrogens is 349 g/mol. The number of aromatic amines is 1. The zero-order valence-electron chi connectivity index (χ0n) is 14.4. The summed E-state index contributed by atoms with van der Waals surface area (Å²) in [6.45, 7) is 0.304. The van der Waals surface area contributed by atoms with Crippen molar-refractivity contribution in [2.75, 3.05) is 13.2 Å². The highest BCUT2D eigenvalue weighted by Crippen LogP contribution is 2.44. The molecule has 0 bridgehead atoms. The van der Waals surface area contributed by atoms with E-state index in [4.69, 9.17) is 0 Å². The molecule has 0 saturated carbocycles. The number of carbonyl (C=O) groups excluding carboxylic acids is 1. The molecule has 0 radical (unpaired) electrons. The Labute approximate surface area is 154 Å². The number of benzene rings is 2. The second-order valence-electron chi connectivity index (χ2n) is 6.41. The van der Waals surface area contributed by atoms with Crippen molar-refractivity contribution in [3.63, 3.8) is 0 Å². The molecule has 0 spiro atoms. The first-order chi connectivity index (χ1) is 13.1. The van der Waals surface area contributed by atoms with Gasteiger partial charge < -0.3 is 15.1 Å². The van der Waals surface area contributed by atoms with E-state index >= 15 is 0 Å². The molecule has 1 unspecified atom stereocenters. The Kier molecular flexibility index (Phi) is 4.37. The van der Waals surface area contributed by atoms with Crippen LogP contribution in [0.1, 0.15) is 34.1 Å². The third kappa shape index (κ3) is 2.86. The second kappa shape index (κ2) is 6.85. The minimum absolute atomic E-state index is 0.0432. The fourth-order valence-electron chi connectivity index (χ4n) is 3.54. The molecule has 1 aromatic heterocycles. The van der Waals surface area contributed by atoms with Gasteiger partial charge in [0.05, 0.1) is 6.04 Å². The number of H-pyrrole nitrogens is 1. The van der Waals surface area contributed by atoms with Crippen LogP contribution in [-0.4, -0.2) is 44.4 Å². The monoisotopic (exact) mass is 367 g/mol. The summed E-state index contributed by atoms with van der Waals surface area (Å²) < 4.78 is 13.4.